The van der Waals surface area contributed by atoms with Crippen molar-refractivity contribution in [1.29, 1.82) is 0 Å². The molecule has 4 rings (SSSR count). The fraction of sp³-hybridized carbons (Fsp3) is 0.273. The number of benzene rings is 1. The van der Waals surface area contributed by atoms with E-state index in [-0.39, 0.29) is 23.5 Å². The van der Waals surface area contributed by atoms with E-state index < -0.39 is 0 Å². The molecule has 1 aliphatic rings. The number of carbonyl (C=O) groups excluding carboxylic acids is 2. The van der Waals surface area contributed by atoms with Gasteiger partial charge in [-0.3, -0.25) is 19.7 Å². The number of likely N-dealkylation sites (tertiary alicyclic amines) is 1. The van der Waals surface area contributed by atoms with Crippen molar-refractivity contribution >= 4 is 11.8 Å². The van der Waals surface area contributed by atoms with Crippen molar-refractivity contribution in [3.63, 3.8) is 0 Å². The molecule has 1 fully saturated rings. The Balaban J connectivity index is 1.36. The third-order valence-electron chi connectivity index (χ3n) is 5.24. The number of pyridine rings is 1. The summed E-state index contributed by atoms with van der Waals surface area (Å²) < 4.78 is 13.0. The predicted octanol–water partition coefficient (Wildman–Crippen LogP) is 2.78. The molecule has 2 amide bonds. The molecule has 8 heteroatoms. The summed E-state index contributed by atoms with van der Waals surface area (Å²) in [7, 11) is 0. The summed E-state index contributed by atoms with van der Waals surface area (Å²) in [5.41, 5.74) is 2.77. The molecule has 3 aromatic rings. The van der Waals surface area contributed by atoms with Crippen LogP contribution in [-0.4, -0.2) is 45.0 Å². The third-order valence-corrected chi connectivity index (χ3v) is 5.24. The maximum absolute atomic E-state index is 13.0. The SMILES string of the molecule is O=C(NCc1ccc(F)cc1)[C@@H]1CCCN(C(=O)c2cc(-c3ccncc3)n[nH]2)C1. The average Bonchev–Trinajstić information content (AvgIpc) is 3.29. The van der Waals surface area contributed by atoms with E-state index in [9.17, 15) is 14.0 Å². The van der Waals surface area contributed by atoms with Crippen LogP contribution >= 0.6 is 0 Å². The number of hydrogen-bond donors (Lipinski definition) is 2. The van der Waals surface area contributed by atoms with Crippen LogP contribution in [0.15, 0.2) is 54.9 Å². The van der Waals surface area contributed by atoms with Gasteiger partial charge in [0.2, 0.25) is 5.91 Å². The van der Waals surface area contributed by atoms with Crippen LogP contribution in [0.4, 0.5) is 4.39 Å². The molecule has 2 N–H and O–H groups in total. The molecule has 0 spiro atoms. The van der Waals surface area contributed by atoms with Gasteiger partial charge in [-0.05, 0) is 48.7 Å². The number of carbonyl (C=O) groups is 2. The molecule has 0 aliphatic carbocycles. The molecule has 154 valence electrons. The summed E-state index contributed by atoms with van der Waals surface area (Å²) in [6, 6.07) is 11.4. The van der Waals surface area contributed by atoms with Gasteiger partial charge < -0.3 is 10.2 Å². The van der Waals surface area contributed by atoms with E-state index in [1.165, 1.54) is 12.1 Å². The Kier molecular flexibility index (Phi) is 5.83. The van der Waals surface area contributed by atoms with Gasteiger partial charge in [0.05, 0.1) is 11.6 Å². The second-order valence-corrected chi connectivity index (χ2v) is 7.34. The Morgan fingerprint density at radius 1 is 1.17 bits per heavy atom. The highest BCUT2D eigenvalue weighted by Gasteiger charge is 2.29. The molecule has 1 aromatic carbocycles. The lowest BCUT2D eigenvalue weighted by Gasteiger charge is -2.31. The van der Waals surface area contributed by atoms with Gasteiger partial charge in [0.1, 0.15) is 11.5 Å². The van der Waals surface area contributed by atoms with Crippen molar-refractivity contribution < 1.29 is 14.0 Å². The zero-order chi connectivity index (χ0) is 20.9. The normalized spacial score (nSPS) is 16.3. The first-order chi connectivity index (χ1) is 14.6. The fourth-order valence-corrected chi connectivity index (χ4v) is 3.58. The monoisotopic (exact) mass is 407 g/mol. The Morgan fingerprint density at radius 2 is 1.93 bits per heavy atom. The lowest BCUT2D eigenvalue weighted by atomic mass is 9.96. The first-order valence-corrected chi connectivity index (χ1v) is 9.87. The number of rotatable bonds is 5. The summed E-state index contributed by atoms with van der Waals surface area (Å²) >= 11 is 0. The average molecular weight is 407 g/mol. The molecule has 3 heterocycles. The zero-order valence-electron chi connectivity index (χ0n) is 16.3. The minimum Gasteiger partial charge on any atom is -0.352 e. The summed E-state index contributed by atoms with van der Waals surface area (Å²) in [6.07, 6.45) is 4.83. The number of piperidine rings is 1. The van der Waals surface area contributed by atoms with Crippen LogP contribution in [0, 0.1) is 11.7 Å². The van der Waals surface area contributed by atoms with Gasteiger partial charge in [0.15, 0.2) is 0 Å². The van der Waals surface area contributed by atoms with Gasteiger partial charge in [-0.1, -0.05) is 12.1 Å². The molecule has 30 heavy (non-hydrogen) atoms. The van der Waals surface area contributed by atoms with E-state index in [1.54, 1.807) is 35.5 Å². The molecule has 1 atom stereocenters. The number of amides is 2. The minimum absolute atomic E-state index is 0.0982. The van der Waals surface area contributed by atoms with Crippen molar-refractivity contribution in [2.45, 2.75) is 19.4 Å². The molecular weight excluding hydrogens is 385 g/mol. The second-order valence-electron chi connectivity index (χ2n) is 7.34. The molecule has 0 saturated carbocycles. The van der Waals surface area contributed by atoms with Crippen molar-refractivity contribution in [3.8, 4) is 11.3 Å². The molecule has 0 radical (unpaired) electrons. The lowest BCUT2D eigenvalue weighted by molar-refractivity contribution is -0.126. The van der Waals surface area contributed by atoms with Crippen LogP contribution < -0.4 is 5.32 Å². The van der Waals surface area contributed by atoms with Crippen LogP contribution in [0.2, 0.25) is 0 Å². The van der Waals surface area contributed by atoms with E-state index in [4.69, 9.17) is 0 Å². The Labute approximate surface area is 173 Å². The number of nitrogens with zero attached hydrogens (tertiary/aromatic N) is 3. The maximum Gasteiger partial charge on any atom is 0.271 e. The predicted molar refractivity (Wildman–Crippen MR) is 109 cm³/mol. The van der Waals surface area contributed by atoms with E-state index in [1.807, 2.05) is 12.1 Å². The number of nitrogens with one attached hydrogen (secondary N) is 2. The highest BCUT2D eigenvalue weighted by molar-refractivity contribution is 5.94. The van der Waals surface area contributed by atoms with Crippen LogP contribution in [0.1, 0.15) is 28.9 Å². The topological polar surface area (TPSA) is 91.0 Å². The highest BCUT2D eigenvalue weighted by atomic mass is 19.1. The van der Waals surface area contributed by atoms with Gasteiger partial charge in [0.25, 0.3) is 5.91 Å². The van der Waals surface area contributed by atoms with Gasteiger partial charge in [-0.15, -0.1) is 0 Å². The molecule has 0 bridgehead atoms. The maximum atomic E-state index is 13.0. The van der Waals surface area contributed by atoms with Crippen LogP contribution in [0.5, 0.6) is 0 Å². The van der Waals surface area contributed by atoms with Crippen LogP contribution in [0.25, 0.3) is 11.3 Å². The lowest BCUT2D eigenvalue weighted by Crippen LogP contribution is -2.45. The van der Waals surface area contributed by atoms with Gasteiger partial charge >= 0.3 is 0 Å². The largest absolute Gasteiger partial charge is 0.352 e. The first kappa shape index (κ1) is 19.8. The standard InChI is InChI=1S/C22H22FN5O2/c23-18-5-3-15(4-6-18)13-25-21(29)17-2-1-11-28(14-17)22(30)20-12-19(26-27-20)16-7-9-24-10-8-16/h3-10,12,17H,1-2,11,13-14H2,(H,25,29)(H,26,27)/t17-/m1/s1. The van der Waals surface area contributed by atoms with E-state index in [0.717, 1.165) is 24.0 Å². The van der Waals surface area contributed by atoms with Crippen molar-refractivity contribution in [2.75, 3.05) is 13.1 Å². The van der Waals surface area contributed by atoms with Crippen molar-refractivity contribution in [3.05, 3.63) is 71.9 Å². The smallest absolute Gasteiger partial charge is 0.271 e. The zero-order valence-corrected chi connectivity index (χ0v) is 16.3. The van der Waals surface area contributed by atoms with Crippen molar-refractivity contribution in [1.82, 2.24) is 25.4 Å². The molecule has 2 aromatic heterocycles. The number of halogens is 1. The molecule has 7 nitrogen and oxygen atoms in total. The number of H-pyrrole nitrogens is 1. The molecule has 0 unspecified atom stereocenters. The van der Waals surface area contributed by atoms with Gasteiger partial charge in [0, 0.05) is 37.6 Å². The van der Waals surface area contributed by atoms with E-state index >= 15 is 0 Å². The van der Waals surface area contributed by atoms with Gasteiger partial charge in [-0.2, -0.15) is 5.10 Å². The number of aromatic nitrogens is 3. The molecular formula is C22H22FN5O2. The fourth-order valence-electron chi connectivity index (χ4n) is 3.58. The van der Waals surface area contributed by atoms with Crippen LogP contribution in [0.3, 0.4) is 0 Å². The Hall–Kier alpha value is -3.55. The summed E-state index contributed by atoms with van der Waals surface area (Å²) in [5.74, 6) is -0.846. The van der Waals surface area contributed by atoms with E-state index in [0.29, 0.717) is 31.0 Å². The van der Waals surface area contributed by atoms with E-state index in [2.05, 4.69) is 20.5 Å². The minimum atomic E-state index is -0.308. The molecule has 1 saturated heterocycles. The molecule has 1 aliphatic heterocycles. The summed E-state index contributed by atoms with van der Waals surface area (Å²) in [6.45, 7) is 1.29. The number of hydrogen-bond acceptors (Lipinski definition) is 4. The van der Waals surface area contributed by atoms with Crippen molar-refractivity contribution in [2.24, 2.45) is 5.92 Å². The summed E-state index contributed by atoms with van der Waals surface area (Å²) in [5, 5.41) is 9.91. The third kappa shape index (κ3) is 4.53. The summed E-state index contributed by atoms with van der Waals surface area (Å²) in [4.78, 5) is 31.2. The quantitative estimate of drug-likeness (QED) is 0.680. The second kappa shape index (κ2) is 8.86. The van der Waals surface area contributed by atoms with Crippen LogP contribution in [-0.2, 0) is 11.3 Å². The highest BCUT2D eigenvalue weighted by Crippen LogP contribution is 2.21. The Morgan fingerprint density at radius 3 is 2.70 bits per heavy atom. The Bertz CT molecular complexity index is 1020. The number of aromatic amines is 1. The first-order valence-electron chi connectivity index (χ1n) is 9.87. The van der Waals surface area contributed by atoms with Gasteiger partial charge in [-0.25, -0.2) is 4.39 Å².